The second-order valence-corrected chi connectivity index (χ2v) is 37.5. The summed E-state index contributed by atoms with van der Waals surface area (Å²) in [4.78, 5) is 18.2. The van der Waals surface area contributed by atoms with Crippen molar-refractivity contribution in [3.63, 3.8) is 0 Å². The average molecular weight is 1750 g/mol. The summed E-state index contributed by atoms with van der Waals surface area (Å²) in [5.41, 5.74) is 8.85. The number of fused-ring (bicyclic) bond motifs is 12. The normalized spacial score (nSPS) is 13.1. The smallest absolute Gasteiger partial charge is 0.217 e. The molecule has 0 atom stereocenters. The van der Waals surface area contributed by atoms with Crippen molar-refractivity contribution in [2.45, 2.75) is 97.1 Å². The van der Waals surface area contributed by atoms with Crippen LogP contribution in [0.4, 0.5) is 0 Å². The van der Waals surface area contributed by atoms with Crippen molar-refractivity contribution in [2.24, 2.45) is 5.92 Å². The lowest BCUT2D eigenvalue weighted by molar-refractivity contribution is 0.430. The van der Waals surface area contributed by atoms with E-state index in [-0.39, 0.29) is 40.2 Å². The van der Waals surface area contributed by atoms with Gasteiger partial charge in [0.2, 0.25) is 0 Å². The molecule has 8 heterocycles. The van der Waals surface area contributed by atoms with Gasteiger partial charge in [0.25, 0.3) is 40.1 Å². The number of rotatable bonds is 9. The van der Waals surface area contributed by atoms with E-state index in [9.17, 15) is 33.7 Å². The Morgan fingerprint density at radius 3 is 0.967 bits per heavy atom. The van der Waals surface area contributed by atoms with Gasteiger partial charge in [-0.2, -0.15) is 0 Å². The van der Waals surface area contributed by atoms with Gasteiger partial charge in [-0.1, -0.05) is 217 Å². The number of hydrogen-bond donors (Lipinski definition) is 0. The third-order valence-corrected chi connectivity index (χ3v) is 28.4. The second-order valence-electron chi connectivity index (χ2n) is 28.8. The maximum atomic E-state index is 13.5. The maximum absolute atomic E-state index is 13.5. The fourth-order valence-electron chi connectivity index (χ4n) is 14.9. The molecule has 0 unspecified atom stereocenters. The minimum Gasteiger partial charge on any atom is -0.217 e. The lowest BCUT2D eigenvalue weighted by Crippen LogP contribution is -2.13. The van der Waals surface area contributed by atoms with E-state index in [0.29, 0.717) is 56.0 Å². The number of halogens is 4. The van der Waals surface area contributed by atoms with Gasteiger partial charge in [-0.3, -0.25) is 0 Å². The summed E-state index contributed by atoms with van der Waals surface area (Å²) in [5.74, 6) is 26.2. The van der Waals surface area contributed by atoms with Crippen LogP contribution < -0.4 is 0 Å². The minimum absolute atomic E-state index is 0.184. The molecule has 1 fully saturated rings. The highest BCUT2D eigenvalue weighted by molar-refractivity contribution is 7.91. The summed E-state index contributed by atoms with van der Waals surface area (Å²) < 4.78 is 113. The Labute approximate surface area is 721 Å². The predicted molar refractivity (Wildman–Crippen MR) is 486 cm³/mol. The van der Waals surface area contributed by atoms with Gasteiger partial charge in [-0.25, -0.2) is 69.5 Å². The van der Waals surface area contributed by atoms with Gasteiger partial charge in [0.1, 0.15) is 20.6 Å². The van der Waals surface area contributed by atoms with Crippen molar-refractivity contribution in [1.82, 2.24) is 35.8 Å². The number of allylic oxidation sites excluding steroid dienone is 2. The van der Waals surface area contributed by atoms with Crippen LogP contribution in [0, 0.1) is 53.3 Å². The van der Waals surface area contributed by atoms with Gasteiger partial charge in [0.15, 0.2) is 22.6 Å². The summed E-state index contributed by atoms with van der Waals surface area (Å²) in [6.45, 7) is 2.08. The molecule has 0 bridgehead atoms. The fourth-order valence-corrected chi connectivity index (χ4v) is 21.5. The van der Waals surface area contributed by atoms with Gasteiger partial charge < -0.3 is 0 Å². The van der Waals surface area contributed by atoms with Crippen LogP contribution in [0.2, 0.25) is 20.6 Å². The Kier molecular flexibility index (Phi) is 24.2. The summed E-state index contributed by atoms with van der Waals surface area (Å²) in [7, 11) is -15.4. The minimum atomic E-state index is -3.87. The SMILES string of the molecule is CCCC#Cc1ccc2c(c1)c1ccc(Cl)nc1n2S(=O)(=O)c1ccccc1.O=S(=O)(c1ccccc1)n1c2ccc(C#CC3=CCCCC3)cc2c2ccc(Cl)nc21.O=S(=O)(c1ccccc1)n1c2ccc(C#CC3CCCCC3)cc2c2ccc(Cl)nc21.O=S(=O)(c1ccccc1)n1c2ccc(C#Cc3ccccc3)cc2c2ccc(Cl)nc21. The molecule has 1 saturated carbocycles. The quantitative estimate of drug-likeness (QED) is 0.0977. The van der Waals surface area contributed by atoms with Crippen LogP contribution in [0.5, 0.6) is 0 Å². The number of nitrogens with zero attached hydrogens (tertiary/aromatic N) is 8. The Bertz CT molecular complexity index is 7730. The van der Waals surface area contributed by atoms with Crippen molar-refractivity contribution < 1.29 is 33.7 Å². The lowest BCUT2D eigenvalue weighted by atomic mass is 9.89. The third kappa shape index (κ3) is 17.3. The highest BCUT2D eigenvalue weighted by Gasteiger charge is 2.30. The second kappa shape index (κ2) is 35.6. The molecule has 2 aliphatic rings. The first-order valence-electron chi connectivity index (χ1n) is 39.1. The van der Waals surface area contributed by atoms with E-state index in [2.05, 4.69) is 80.3 Å². The molecule has 19 rings (SSSR count). The molecule has 2 aliphatic carbocycles. The first-order valence-corrected chi connectivity index (χ1v) is 46.4. The molecule has 0 saturated heterocycles. The Morgan fingerprint density at radius 2 is 0.636 bits per heavy atom. The molecule has 0 aliphatic heterocycles. The number of unbranched alkanes of at least 4 members (excludes halogenated alkanes) is 1. The predicted octanol–water partition coefficient (Wildman–Crippen LogP) is 22.7. The number of hydrogen-bond acceptors (Lipinski definition) is 12. The van der Waals surface area contributed by atoms with Gasteiger partial charge in [-0.15, -0.1) is 0 Å². The highest BCUT2D eigenvalue weighted by atomic mass is 35.5. The average Bonchev–Trinajstić information content (AvgIpc) is 1.60. The van der Waals surface area contributed by atoms with Gasteiger partial charge in [0.05, 0.1) is 41.6 Å². The van der Waals surface area contributed by atoms with Crippen molar-refractivity contribution >= 4 is 174 Å². The Balaban J connectivity index is 0.000000120. The molecule has 600 valence electrons. The van der Waals surface area contributed by atoms with Crippen molar-refractivity contribution in [3.8, 4) is 47.4 Å². The zero-order chi connectivity index (χ0) is 84.0. The first-order chi connectivity index (χ1) is 58.6. The Morgan fingerprint density at radius 1 is 0.322 bits per heavy atom. The highest BCUT2D eigenvalue weighted by Crippen LogP contribution is 2.39. The van der Waals surface area contributed by atoms with E-state index in [1.165, 1.54) is 53.6 Å². The van der Waals surface area contributed by atoms with Crippen LogP contribution in [0.25, 0.3) is 87.7 Å². The molecule has 24 heteroatoms. The van der Waals surface area contributed by atoms with Crippen LogP contribution in [0.15, 0.2) is 304 Å². The van der Waals surface area contributed by atoms with Crippen molar-refractivity contribution in [1.29, 1.82) is 0 Å². The van der Waals surface area contributed by atoms with E-state index in [0.717, 1.165) is 104 Å². The van der Waals surface area contributed by atoms with Crippen LogP contribution in [0.3, 0.4) is 0 Å². The van der Waals surface area contributed by atoms with Crippen LogP contribution in [-0.4, -0.2) is 69.5 Å². The van der Waals surface area contributed by atoms with Gasteiger partial charge in [0, 0.05) is 83.2 Å². The topological polar surface area (TPSA) is 208 Å². The molecule has 0 radical (unpaired) electrons. The third-order valence-electron chi connectivity index (χ3n) is 20.7. The van der Waals surface area contributed by atoms with E-state index in [1.807, 2.05) is 97.1 Å². The van der Waals surface area contributed by atoms with Crippen LogP contribution in [0.1, 0.15) is 105 Å². The zero-order valence-corrected chi connectivity index (χ0v) is 71.2. The molecule has 0 spiro atoms. The largest absolute Gasteiger partial charge is 0.269 e. The molecule has 0 N–H and O–H groups in total. The molecule has 121 heavy (non-hydrogen) atoms. The lowest BCUT2D eigenvalue weighted by Gasteiger charge is -2.15. The maximum Gasteiger partial charge on any atom is 0.269 e. The van der Waals surface area contributed by atoms with Gasteiger partial charge in [-0.05, 0) is 233 Å². The van der Waals surface area contributed by atoms with Crippen LogP contribution >= 0.6 is 46.4 Å². The Hall–Kier alpha value is -12.3. The summed E-state index contributed by atoms with van der Waals surface area (Å²) in [6.07, 6.45) is 14.6. The number of aromatic nitrogens is 8. The molecular weight excluding hydrogens is 1680 g/mol. The number of pyridine rings is 4. The first kappa shape index (κ1) is 82.4. The molecule has 0 amide bonds. The van der Waals surface area contributed by atoms with Crippen molar-refractivity contribution in [3.05, 3.63) is 333 Å². The van der Waals surface area contributed by atoms with E-state index < -0.39 is 40.1 Å². The molecule has 16 nitrogen and oxygen atoms in total. The van der Waals surface area contributed by atoms with E-state index in [4.69, 9.17) is 46.4 Å². The van der Waals surface area contributed by atoms with E-state index >= 15 is 0 Å². The summed E-state index contributed by atoms with van der Waals surface area (Å²) in [5, 5.41) is 6.94. The summed E-state index contributed by atoms with van der Waals surface area (Å²) in [6, 6.07) is 79.2. The van der Waals surface area contributed by atoms with Crippen molar-refractivity contribution in [2.75, 3.05) is 0 Å². The fraction of sp³-hybridized carbons (Fsp3) is 0.134. The van der Waals surface area contributed by atoms with Crippen LogP contribution in [-0.2, 0) is 40.1 Å². The molecular formula is C97H72Cl4N8O8S4. The summed E-state index contributed by atoms with van der Waals surface area (Å²) >= 11 is 24.5. The standard InChI is InChI=1S/C25H21ClN2O2S.C25H19ClN2O2S.C25H15ClN2O2S.C22H17ClN2O2S/c3*26-24-16-14-21-22-17-19(12-11-18-7-3-1-4-8-18)13-15-23(22)28(25(21)27-24)31(29,30)20-9-5-2-6-10-20;1-2-3-5-8-16-11-13-20-19(15-16)18-12-14-21(23)24-22(18)25(20)28(26,27)17-9-6-4-7-10-17/h2,5-6,9-10,13-18H,1,3-4,7-8H2;2,5-7,9-10,13-17H,1,3-4,8H2;1-10,13-17H;4,6-7,9-15H,2-3H2,1H3. The monoisotopic (exact) mass is 1740 g/mol. The number of benzene rings is 9. The molecule has 17 aromatic rings. The van der Waals surface area contributed by atoms with Gasteiger partial charge >= 0.3 is 0 Å². The molecule has 8 aromatic heterocycles. The molecule has 9 aromatic carbocycles. The zero-order valence-electron chi connectivity index (χ0n) is 64.9. The van der Waals surface area contributed by atoms with E-state index in [1.54, 1.807) is 176 Å².